The molecule has 0 heterocycles. The zero-order valence-corrected chi connectivity index (χ0v) is 8.18. The molecule has 0 radical (unpaired) electrons. The monoisotopic (exact) mass is 190 g/mol. The third kappa shape index (κ3) is 1.29. The van der Waals surface area contributed by atoms with Crippen molar-refractivity contribution >= 4 is 0 Å². The summed E-state index contributed by atoms with van der Waals surface area (Å²) in [7, 11) is 0. The standard InChI is InChI=1S/C9H18O4/c1-4(2)7(11)9(13)5(3)6(10)8(9)12/h4-8,10-13H,1-3H3/t5?,6-,7+,8?,9?/m1/s1. The first-order valence-corrected chi connectivity index (χ1v) is 4.60. The molecule has 0 spiro atoms. The highest BCUT2D eigenvalue weighted by atomic mass is 16.4. The number of aliphatic hydroxyl groups is 4. The average molecular weight is 190 g/mol. The third-order valence-electron chi connectivity index (χ3n) is 3.14. The first-order valence-electron chi connectivity index (χ1n) is 4.60. The van der Waals surface area contributed by atoms with E-state index in [2.05, 4.69) is 0 Å². The molecule has 5 atom stereocenters. The maximum Gasteiger partial charge on any atom is 0.124 e. The van der Waals surface area contributed by atoms with Gasteiger partial charge in [-0.1, -0.05) is 20.8 Å². The van der Waals surface area contributed by atoms with Gasteiger partial charge in [0.15, 0.2) is 0 Å². The van der Waals surface area contributed by atoms with Crippen molar-refractivity contribution in [2.75, 3.05) is 0 Å². The Kier molecular flexibility index (Phi) is 2.69. The Morgan fingerprint density at radius 1 is 1.23 bits per heavy atom. The van der Waals surface area contributed by atoms with Crippen LogP contribution in [0, 0.1) is 11.8 Å². The van der Waals surface area contributed by atoms with Crippen molar-refractivity contribution in [3.63, 3.8) is 0 Å². The van der Waals surface area contributed by atoms with Crippen LogP contribution in [-0.2, 0) is 0 Å². The highest BCUT2D eigenvalue weighted by Gasteiger charge is 2.62. The molecule has 1 aliphatic rings. The van der Waals surface area contributed by atoms with Gasteiger partial charge >= 0.3 is 0 Å². The van der Waals surface area contributed by atoms with E-state index in [1.165, 1.54) is 0 Å². The Morgan fingerprint density at radius 2 is 1.69 bits per heavy atom. The number of rotatable bonds is 2. The van der Waals surface area contributed by atoms with E-state index in [0.29, 0.717) is 0 Å². The van der Waals surface area contributed by atoms with Gasteiger partial charge in [0.1, 0.15) is 11.7 Å². The van der Waals surface area contributed by atoms with Gasteiger partial charge < -0.3 is 20.4 Å². The van der Waals surface area contributed by atoms with Crippen molar-refractivity contribution in [3.05, 3.63) is 0 Å². The predicted octanol–water partition coefficient (Wildman–Crippen LogP) is -0.894. The van der Waals surface area contributed by atoms with Crippen LogP contribution in [0.25, 0.3) is 0 Å². The second-order valence-electron chi connectivity index (χ2n) is 4.30. The Balaban J connectivity index is 2.77. The number of hydrogen-bond acceptors (Lipinski definition) is 4. The predicted molar refractivity (Wildman–Crippen MR) is 47.0 cm³/mol. The van der Waals surface area contributed by atoms with E-state index < -0.39 is 29.8 Å². The van der Waals surface area contributed by atoms with Crippen LogP contribution in [0.3, 0.4) is 0 Å². The van der Waals surface area contributed by atoms with Gasteiger partial charge in [-0.05, 0) is 5.92 Å². The minimum atomic E-state index is -1.55. The van der Waals surface area contributed by atoms with Crippen LogP contribution in [0.15, 0.2) is 0 Å². The van der Waals surface area contributed by atoms with Gasteiger partial charge in [-0.2, -0.15) is 0 Å². The lowest BCUT2D eigenvalue weighted by atomic mass is 9.61. The van der Waals surface area contributed by atoms with Gasteiger partial charge in [-0.3, -0.25) is 0 Å². The lowest BCUT2D eigenvalue weighted by molar-refractivity contribution is -0.296. The molecule has 1 saturated carbocycles. The summed E-state index contributed by atoms with van der Waals surface area (Å²) in [4.78, 5) is 0. The summed E-state index contributed by atoms with van der Waals surface area (Å²) in [5.41, 5.74) is -1.55. The fourth-order valence-electron chi connectivity index (χ4n) is 1.95. The first-order chi connectivity index (χ1) is 5.83. The van der Waals surface area contributed by atoms with Crippen molar-refractivity contribution in [1.29, 1.82) is 0 Å². The quantitative estimate of drug-likeness (QED) is 0.455. The average Bonchev–Trinajstić information content (AvgIpc) is 2.12. The van der Waals surface area contributed by atoms with E-state index in [0.717, 1.165) is 0 Å². The number of hydrogen-bond donors (Lipinski definition) is 4. The van der Waals surface area contributed by atoms with E-state index in [-0.39, 0.29) is 5.92 Å². The molecule has 4 nitrogen and oxygen atoms in total. The highest BCUT2D eigenvalue weighted by Crippen LogP contribution is 2.43. The van der Waals surface area contributed by atoms with E-state index in [9.17, 15) is 20.4 Å². The highest BCUT2D eigenvalue weighted by molar-refractivity contribution is 5.12. The molecule has 3 unspecified atom stereocenters. The largest absolute Gasteiger partial charge is 0.390 e. The van der Waals surface area contributed by atoms with Gasteiger partial charge in [0, 0.05) is 5.92 Å². The lowest BCUT2D eigenvalue weighted by Crippen LogP contribution is -2.74. The van der Waals surface area contributed by atoms with Crippen LogP contribution in [0.1, 0.15) is 20.8 Å². The van der Waals surface area contributed by atoms with Crippen LogP contribution >= 0.6 is 0 Å². The van der Waals surface area contributed by atoms with Crippen molar-refractivity contribution in [2.24, 2.45) is 11.8 Å². The summed E-state index contributed by atoms with van der Waals surface area (Å²) < 4.78 is 0. The molecule has 4 N–H and O–H groups in total. The van der Waals surface area contributed by atoms with E-state index in [4.69, 9.17) is 0 Å². The summed E-state index contributed by atoms with van der Waals surface area (Å²) in [6.45, 7) is 5.13. The molecule has 4 heteroatoms. The molecule has 1 rings (SSSR count). The minimum absolute atomic E-state index is 0.144. The van der Waals surface area contributed by atoms with E-state index in [1.54, 1.807) is 20.8 Å². The second kappa shape index (κ2) is 3.20. The number of aliphatic hydroxyl groups excluding tert-OH is 3. The summed E-state index contributed by atoms with van der Waals surface area (Å²) >= 11 is 0. The van der Waals surface area contributed by atoms with Crippen molar-refractivity contribution < 1.29 is 20.4 Å². The Hall–Kier alpha value is -0.160. The minimum Gasteiger partial charge on any atom is -0.390 e. The van der Waals surface area contributed by atoms with Crippen LogP contribution < -0.4 is 0 Å². The molecule has 0 aromatic carbocycles. The summed E-state index contributed by atoms with van der Waals surface area (Å²) in [5.74, 6) is -0.630. The first kappa shape index (κ1) is 10.9. The fraction of sp³-hybridized carbons (Fsp3) is 1.00. The molecule has 1 aliphatic carbocycles. The van der Waals surface area contributed by atoms with Crippen LogP contribution in [-0.4, -0.2) is 44.3 Å². The summed E-state index contributed by atoms with van der Waals surface area (Å²) in [6.07, 6.45) is -3.17. The molecule has 78 valence electrons. The topological polar surface area (TPSA) is 80.9 Å². The van der Waals surface area contributed by atoms with Crippen LogP contribution in [0.4, 0.5) is 0 Å². The maximum atomic E-state index is 9.90. The molecule has 0 bridgehead atoms. The van der Waals surface area contributed by atoms with Crippen molar-refractivity contribution in [3.8, 4) is 0 Å². The Morgan fingerprint density at radius 3 is 2.00 bits per heavy atom. The Bertz CT molecular complexity index is 182. The molecule has 0 saturated heterocycles. The Labute approximate surface area is 77.8 Å². The molecule has 0 amide bonds. The third-order valence-corrected chi connectivity index (χ3v) is 3.14. The molecular formula is C9H18O4. The van der Waals surface area contributed by atoms with Gasteiger partial charge in [-0.25, -0.2) is 0 Å². The summed E-state index contributed by atoms with van der Waals surface area (Å²) in [6, 6.07) is 0. The summed E-state index contributed by atoms with van der Waals surface area (Å²) in [5, 5.41) is 38.1. The molecule has 0 aromatic rings. The van der Waals surface area contributed by atoms with Crippen molar-refractivity contribution in [1.82, 2.24) is 0 Å². The van der Waals surface area contributed by atoms with Gasteiger partial charge in [0.2, 0.25) is 0 Å². The molecular weight excluding hydrogens is 172 g/mol. The van der Waals surface area contributed by atoms with Crippen molar-refractivity contribution in [2.45, 2.75) is 44.7 Å². The van der Waals surface area contributed by atoms with E-state index in [1.807, 2.05) is 0 Å². The van der Waals surface area contributed by atoms with E-state index >= 15 is 0 Å². The lowest BCUT2D eigenvalue weighted by Gasteiger charge is -2.55. The molecule has 0 aliphatic heterocycles. The van der Waals surface area contributed by atoms with Crippen LogP contribution in [0.5, 0.6) is 0 Å². The zero-order valence-electron chi connectivity index (χ0n) is 8.18. The molecule has 13 heavy (non-hydrogen) atoms. The van der Waals surface area contributed by atoms with Crippen LogP contribution in [0.2, 0.25) is 0 Å². The van der Waals surface area contributed by atoms with Gasteiger partial charge in [0.05, 0.1) is 12.2 Å². The maximum absolute atomic E-state index is 9.90. The van der Waals surface area contributed by atoms with Gasteiger partial charge in [-0.15, -0.1) is 0 Å². The zero-order chi connectivity index (χ0) is 10.4. The normalized spacial score (nSPS) is 47.5. The van der Waals surface area contributed by atoms with Gasteiger partial charge in [0.25, 0.3) is 0 Å². The second-order valence-corrected chi connectivity index (χ2v) is 4.30. The smallest absolute Gasteiger partial charge is 0.124 e. The fourth-order valence-corrected chi connectivity index (χ4v) is 1.95. The molecule has 0 aromatic heterocycles. The SMILES string of the molecule is CC(C)[C@H](O)C1(O)C(C)[C@@H](O)C1O. The molecule has 1 fully saturated rings.